The van der Waals surface area contributed by atoms with Crippen LogP contribution in [0.4, 0.5) is 10.1 Å². The molecule has 0 aliphatic carbocycles. The van der Waals surface area contributed by atoms with Crippen LogP contribution in [0.2, 0.25) is 0 Å². The van der Waals surface area contributed by atoms with Crippen molar-refractivity contribution in [3.63, 3.8) is 0 Å². The zero-order valence-corrected chi connectivity index (χ0v) is 11.5. The summed E-state index contributed by atoms with van der Waals surface area (Å²) in [7, 11) is 0. The molecule has 1 amide bonds. The van der Waals surface area contributed by atoms with Crippen LogP contribution in [-0.4, -0.2) is 29.1 Å². The lowest BCUT2D eigenvalue weighted by atomic mass is 10.1. The van der Waals surface area contributed by atoms with Crippen molar-refractivity contribution in [1.82, 2.24) is 5.32 Å². The van der Waals surface area contributed by atoms with Gasteiger partial charge in [-0.3, -0.25) is 14.9 Å². The van der Waals surface area contributed by atoms with E-state index in [0.717, 1.165) is 0 Å². The fourth-order valence-corrected chi connectivity index (χ4v) is 1.76. The van der Waals surface area contributed by atoms with Crippen molar-refractivity contribution in [1.29, 1.82) is 0 Å². The third-order valence-electron chi connectivity index (χ3n) is 2.81. The van der Waals surface area contributed by atoms with Gasteiger partial charge in [-0.25, -0.2) is 4.39 Å². The minimum Gasteiger partial charge on any atom is -0.480 e. The van der Waals surface area contributed by atoms with Gasteiger partial charge in [-0.05, 0) is 31.5 Å². The average Bonchev–Trinajstić information content (AvgIpc) is 2.37. The van der Waals surface area contributed by atoms with E-state index in [1.165, 1.54) is 18.2 Å². The summed E-state index contributed by atoms with van der Waals surface area (Å²) in [6.07, 6.45) is 1.13. The first-order chi connectivity index (χ1) is 9.43. The number of rotatable bonds is 7. The molecule has 0 aromatic heterocycles. The predicted octanol–water partition coefficient (Wildman–Crippen LogP) is 2.00. The third-order valence-corrected chi connectivity index (χ3v) is 2.81. The van der Waals surface area contributed by atoms with Crippen LogP contribution in [-0.2, 0) is 9.59 Å². The van der Waals surface area contributed by atoms with Crippen LogP contribution in [0.15, 0.2) is 24.3 Å². The SMILES string of the molecule is CCCC(NC(C)C(=O)Nc1cccc(F)c1)C(=O)O. The summed E-state index contributed by atoms with van der Waals surface area (Å²) >= 11 is 0. The van der Waals surface area contributed by atoms with E-state index in [0.29, 0.717) is 18.5 Å². The van der Waals surface area contributed by atoms with Gasteiger partial charge in [-0.2, -0.15) is 0 Å². The minimum absolute atomic E-state index is 0.339. The van der Waals surface area contributed by atoms with E-state index in [-0.39, 0.29) is 0 Å². The highest BCUT2D eigenvalue weighted by molar-refractivity contribution is 5.94. The summed E-state index contributed by atoms with van der Waals surface area (Å²) in [6.45, 7) is 3.44. The van der Waals surface area contributed by atoms with Crippen LogP contribution in [0.1, 0.15) is 26.7 Å². The molecule has 5 nitrogen and oxygen atoms in total. The minimum atomic E-state index is -0.989. The number of carbonyl (C=O) groups excluding carboxylic acids is 1. The maximum Gasteiger partial charge on any atom is 0.320 e. The van der Waals surface area contributed by atoms with Crippen LogP contribution < -0.4 is 10.6 Å². The van der Waals surface area contributed by atoms with Gasteiger partial charge in [-0.1, -0.05) is 19.4 Å². The largest absolute Gasteiger partial charge is 0.480 e. The number of carboxylic acids is 1. The third kappa shape index (κ3) is 4.97. The Bertz CT molecular complexity index is 479. The summed E-state index contributed by atoms with van der Waals surface area (Å²) < 4.78 is 13.0. The van der Waals surface area contributed by atoms with E-state index in [4.69, 9.17) is 5.11 Å². The summed E-state index contributed by atoms with van der Waals surface area (Å²) in [5.41, 5.74) is 0.339. The lowest BCUT2D eigenvalue weighted by molar-refractivity contribution is -0.140. The van der Waals surface area contributed by atoms with Crippen molar-refractivity contribution in [3.05, 3.63) is 30.1 Å². The molecule has 0 aliphatic rings. The quantitative estimate of drug-likeness (QED) is 0.714. The standard InChI is InChI=1S/C14H19FN2O3/c1-3-5-12(14(19)20)16-9(2)13(18)17-11-7-4-6-10(15)8-11/h4,6-9,12,16H,3,5H2,1-2H3,(H,17,18)(H,19,20). The maximum absolute atomic E-state index is 13.0. The molecule has 0 fully saturated rings. The maximum atomic E-state index is 13.0. The molecular formula is C14H19FN2O3. The lowest BCUT2D eigenvalue weighted by Gasteiger charge is -2.19. The van der Waals surface area contributed by atoms with Gasteiger partial charge in [0.1, 0.15) is 11.9 Å². The second kappa shape index (κ2) is 7.59. The summed E-state index contributed by atoms with van der Waals surface area (Å²) in [5, 5.41) is 14.3. The first-order valence-corrected chi connectivity index (χ1v) is 6.49. The normalized spacial score (nSPS) is 13.6. The van der Waals surface area contributed by atoms with Crippen LogP contribution in [0.3, 0.4) is 0 Å². The number of halogens is 1. The molecule has 3 N–H and O–H groups in total. The number of hydrogen-bond acceptors (Lipinski definition) is 3. The molecule has 0 aliphatic heterocycles. The van der Waals surface area contributed by atoms with Gasteiger partial charge in [0.2, 0.25) is 5.91 Å². The molecule has 1 rings (SSSR count). The Morgan fingerprint density at radius 2 is 2.10 bits per heavy atom. The van der Waals surface area contributed by atoms with Crippen molar-refractivity contribution in [2.24, 2.45) is 0 Å². The number of anilines is 1. The molecule has 6 heteroatoms. The highest BCUT2D eigenvalue weighted by atomic mass is 19.1. The first-order valence-electron chi connectivity index (χ1n) is 6.49. The Balaban J connectivity index is 2.60. The fourth-order valence-electron chi connectivity index (χ4n) is 1.76. The molecule has 20 heavy (non-hydrogen) atoms. The van der Waals surface area contributed by atoms with Gasteiger partial charge in [0.05, 0.1) is 6.04 Å². The molecular weight excluding hydrogens is 263 g/mol. The van der Waals surface area contributed by atoms with Crippen molar-refractivity contribution in [2.45, 2.75) is 38.8 Å². The average molecular weight is 282 g/mol. The first kappa shape index (κ1) is 16.1. The van der Waals surface area contributed by atoms with Crippen LogP contribution in [0.25, 0.3) is 0 Å². The monoisotopic (exact) mass is 282 g/mol. The summed E-state index contributed by atoms with van der Waals surface area (Å²) in [6, 6.07) is 4.07. The molecule has 0 heterocycles. The molecule has 2 unspecified atom stereocenters. The number of amides is 1. The Morgan fingerprint density at radius 1 is 1.40 bits per heavy atom. The van der Waals surface area contributed by atoms with E-state index in [1.54, 1.807) is 13.0 Å². The number of hydrogen-bond donors (Lipinski definition) is 3. The highest BCUT2D eigenvalue weighted by Crippen LogP contribution is 2.09. The van der Waals surface area contributed by atoms with Crippen molar-refractivity contribution in [2.75, 3.05) is 5.32 Å². The van der Waals surface area contributed by atoms with Crippen molar-refractivity contribution in [3.8, 4) is 0 Å². The smallest absolute Gasteiger partial charge is 0.320 e. The van der Waals surface area contributed by atoms with E-state index < -0.39 is 29.8 Å². The number of aliphatic carboxylic acids is 1. The van der Waals surface area contributed by atoms with Crippen molar-refractivity contribution < 1.29 is 19.1 Å². The van der Waals surface area contributed by atoms with Gasteiger partial charge in [0.15, 0.2) is 0 Å². The van der Waals surface area contributed by atoms with Gasteiger partial charge in [0.25, 0.3) is 0 Å². The summed E-state index contributed by atoms with van der Waals surface area (Å²) in [4.78, 5) is 22.9. The molecule has 0 bridgehead atoms. The molecule has 1 aromatic carbocycles. The van der Waals surface area contributed by atoms with E-state index >= 15 is 0 Å². The number of nitrogens with one attached hydrogen (secondary N) is 2. The second-order valence-corrected chi connectivity index (χ2v) is 4.57. The molecule has 2 atom stereocenters. The lowest BCUT2D eigenvalue weighted by Crippen LogP contribution is -2.47. The van der Waals surface area contributed by atoms with Crippen LogP contribution in [0, 0.1) is 5.82 Å². The molecule has 0 saturated heterocycles. The molecule has 0 spiro atoms. The van der Waals surface area contributed by atoms with Gasteiger partial charge < -0.3 is 10.4 Å². The molecule has 1 aromatic rings. The van der Waals surface area contributed by atoms with E-state index in [1.807, 2.05) is 6.92 Å². The number of carboxylic acid groups (broad SMARTS) is 1. The van der Waals surface area contributed by atoms with Crippen molar-refractivity contribution >= 4 is 17.6 Å². The van der Waals surface area contributed by atoms with Crippen LogP contribution >= 0.6 is 0 Å². The number of benzene rings is 1. The second-order valence-electron chi connectivity index (χ2n) is 4.57. The van der Waals surface area contributed by atoms with Gasteiger partial charge in [0, 0.05) is 5.69 Å². The molecule has 110 valence electrons. The van der Waals surface area contributed by atoms with Crippen LogP contribution in [0.5, 0.6) is 0 Å². The zero-order chi connectivity index (χ0) is 15.1. The molecule has 0 radical (unpaired) electrons. The highest BCUT2D eigenvalue weighted by Gasteiger charge is 2.22. The molecule has 0 saturated carbocycles. The van der Waals surface area contributed by atoms with E-state index in [2.05, 4.69) is 10.6 Å². The van der Waals surface area contributed by atoms with E-state index in [9.17, 15) is 14.0 Å². The van der Waals surface area contributed by atoms with Gasteiger partial charge >= 0.3 is 5.97 Å². The predicted molar refractivity (Wildman–Crippen MR) is 74.0 cm³/mol. The summed E-state index contributed by atoms with van der Waals surface area (Å²) in [5.74, 6) is -1.84. The number of carbonyl (C=O) groups is 2. The topological polar surface area (TPSA) is 78.4 Å². The Kier molecular flexibility index (Phi) is 6.11. The Morgan fingerprint density at radius 3 is 2.65 bits per heavy atom. The Labute approximate surface area is 117 Å². The van der Waals surface area contributed by atoms with Gasteiger partial charge in [-0.15, -0.1) is 0 Å². The Hall–Kier alpha value is -1.95. The fraction of sp³-hybridized carbons (Fsp3) is 0.429. The zero-order valence-electron chi connectivity index (χ0n) is 11.5.